The normalized spacial score (nSPS) is 14.7. The highest BCUT2D eigenvalue weighted by atomic mass is 35.5. The molecular formula is C27H33ClN4O4S. The monoisotopic (exact) mass is 544 g/mol. The van der Waals surface area contributed by atoms with Gasteiger partial charge in [-0.15, -0.1) is 0 Å². The van der Waals surface area contributed by atoms with E-state index in [1.807, 2.05) is 32.0 Å². The summed E-state index contributed by atoms with van der Waals surface area (Å²) in [5.41, 5.74) is 1.86. The van der Waals surface area contributed by atoms with Crippen LogP contribution in [0.1, 0.15) is 41.5 Å². The molecule has 1 aliphatic rings. The summed E-state index contributed by atoms with van der Waals surface area (Å²) in [5, 5.41) is 0.480. The van der Waals surface area contributed by atoms with Gasteiger partial charge in [-0.1, -0.05) is 41.9 Å². The molecule has 4 rings (SSSR count). The number of amides is 1. The molecule has 37 heavy (non-hydrogen) atoms. The summed E-state index contributed by atoms with van der Waals surface area (Å²) in [6.45, 7) is 8.30. The number of imidazole rings is 1. The van der Waals surface area contributed by atoms with Crippen LogP contribution in [0.5, 0.6) is 0 Å². The molecule has 10 heteroatoms. The summed E-state index contributed by atoms with van der Waals surface area (Å²) in [7, 11) is -3.75. The van der Waals surface area contributed by atoms with E-state index in [9.17, 15) is 13.2 Å². The van der Waals surface area contributed by atoms with E-state index in [4.69, 9.17) is 16.3 Å². The number of benzene rings is 2. The number of nitrogens with zero attached hydrogens (tertiary/aromatic N) is 4. The van der Waals surface area contributed by atoms with Gasteiger partial charge in [0.15, 0.2) is 0 Å². The number of hydrogen-bond acceptors (Lipinski definition) is 6. The maximum absolute atomic E-state index is 13.5. The van der Waals surface area contributed by atoms with Crippen LogP contribution in [-0.4, -0.2) is 73.1 Å². The average Bonchev–Trinajstić information content (AvgIpc) is 3.32. The van der Waals surface area contributed by atoms with Gasteiger partial charge < -0.3 is 14.2 Å². The summed E-state index contributed by atoms with van der Waals surface area (Å²) < 4.78 is 34.0. The van der Waals surface area contributed by atoms with E-state index in [2.05, 4.69) is 9.88 Å². The highest BCUT2D eigenvalue weighted by molar-refractivity contribution is 7.90. The van der Waals surface area contributed by atoms with Crippen LogP contribution in [0.2, 0.25) is 5.02 Å². The van der Waals surface area contributed by atoms with Gasteiger partial charge in [0.05, 0.1) is 37.4 Å². The lowest BCUT2D eigenvalue weighted by Gasteiger charge is -2.30. The molecule has 8 nitrogen and oxygen atoms in total. The molecule has 0 saturated carbocycles. The van der Waals surface area contributed by atoms with Gasteiger partial charge in [0, 0.05) is 42.8 Å². The van der Waals surface area contributed by atoms with Crippen LogP contribution >= 0.6 is 11.6 Å². The maximum Gasteiger partial charge on any atom is 0.254 e. The second-order valence-corrected chi connectivity index (χ2v) is 11.8. The maximum atomic E-state index is 13.5. The first kappa shape index (κ1) is 27.3. The topological polar surface area (TPSA) is 84.7 Å². The highest BCUT2D eigenvalue weighted by Crippen LogP contribution is 2.24. The van der Waals surface area contributed by atoms with Crippen LogP contribution in [0.3, 0.4) is 0 Å². The van der Waals surface area contributed by atoms with Crippen molar-refractivity contribution in [3.63, 3.8) is 0 Å². The molecule has 1 amide bonds. The molecule has 2 heterocycles. The van der Waals surface area contributed by atoms with Gasteiger partial charge in [-0.05, 0) is 43.7 Å². The van der Waals surface area contributed by atoms with Crippen molar-refractivity contribution in [1.82, 2.24) is 19.4 Å². The van der Waals surface area contributed by atoms with Gasteiger partial charge in [-0.25, -0.2) is 13.4 Å². The summed E-state index contributed by atoms with van der Waals surface area (Å²) in [6, 6.07) is 15.8. The Labute approximate surface area is 223 Å². The van der Waals surface area contributed by atoms with Crippen LogP contribution in [0.4, 0.5) is 0 Å². The molecule has 0 atom stereocenters. The molecule has 0 bridgehead atoms. The van der Waals surface area contributed by atoms with Crippen LogP contribution in [0.25, 0.3) is 0 Å². The van der Waals surface area contributed by atoms with E-state index in [1.54, 1.807) is 52.1 Å². The second-order valence-electron chi connectivity index (χ2n) is 9.43. The number of ether oxygens (including phenoxy) is 1. The molecule has 3 aromatic rings. The van der Waals surface area contributed by atoms with Crippen molar-refractivity contribution in [2.24, 2.45) is 0 Å². The van der Waals surface area contributed by atoms with Gasteiger partial charge in [0.2, 0.25) is 15.0 Å². The molecule has 0 unspecified atom stereocenters. The third kappa shape index (κ3) is 6.98. The Morgan fingerprint density at radius 1 is 1.11 bits per heavy atom. The zero-order valence-electron chi connectivity index (χ0n) is 21.2. The lowest BCUT2D eigenvalue weighted by Crippen LogP contribution is -2.43. The average molecular weight is 545 g/mol. The second kappa shape index (κ2) is 12.2. The molecule has 0 radical (unpaired) electrons. The minimum atomic E-state index is -3.75. The fourth-order valence-corrected chi connectivity index (χ4v) is 6.29. The predicted octanol–water partition coefficient (Wildman–Crippen LogP) is 4.07. The van der Waals surface area contributed by atoms with Gasteiger partial charge in [0.1, 0.15) is 0 Å². The Kier molecular flexibility index (Phi) is 9.02. The van der Waals surface area contributed by atoms with Crippen molar-refractivity contribution in [2.75, 3.05) is 39.4 Å². The molecule has 0 aliphatic carbocycles. The number of sulfone groups is 1. The van der Waals surface area contributed by atoms with Crippen molar-refractivity contribution < 1.29 is 17.9 Å². The minimum absolute atomic E-state index is 0.00207. The zero-order chi connectivity index (χ0) is 26.4. The lowest BCUT2D eigenvalue weighted by atomic mass is 10.2. The van der Waals surface area contributed by atoms with Crippen LogP contribution in [0, 0.1) is 0 Å². The third-order valence-corrected chi connectivity index (χ3v) is 8.14. The first-order chi connectivity index (χ1) is 17.7. The van der Waals surface area contributed by atoms with E-state index >= 15 is 0 Å². The van der Waals surface area contributed by atoms with Crippen LogP contribution in [0.15, 0.2) is 66.0 Å². The Hall–Kier alpha value is -2.72. The molecule has 0 N–H and O–H groups in total. The van der Waals surface area contributed by atoms with Crippen molar-refractivity contribution in [1.29, 1.82) is 0 Å². The summed E-state index contributed by atoms with van der Waals surface area (Å²) >= 11 is 6.07. The highest BCUT2D eigenvalue weighted by Gasteiger charge is 2.27. The summed E-state index contributed by atoms with van der Waals surface area (Å²) in [6.07, 6.45) is 1.57. The minimum Gasteiger partial charge on any atom is -0.379 e. The number of aromatic nitrogens is 2. The fourth-order valence-electron chi connectivity index (χ4n) is 4.49. The number of carbonyl (C=O) groups is 1. The number of hydrogen-bond donors (Lipinski definition) is 0. The van der Waals surface area contributed by atoms with Gasteiger partial charge in [-0.3, -0.25) is 9.69 Å². The quantitative estimate of drug-likeness (QED) is 0.382. The SMILES string of the molecule is CC(C)n1c(CN(CCN2CCOCC2)C(=O)c2ccccc2)cnc1S(=O)(=O)Cc1cccc(Cl)c1. The van der Waals surface area contributed by atoms with E-state index in [-0.39, 0.29) is 29.4 Å². The predicted molar refractivity (Wildman–Crippen MR) is 143 cm³/mol. The molecule has 2 aromatic carbocycles. The van der Waals surface area contributed by atoms with Crippen molar-refractivity contribution in [3.8, 4) is 0 Å². The standard InChI is InChI=1S/C27H33ClN4O4S/c1-21(2)32-25(18-29-27(32)37(34,35)20-22-7-6-10-24(28)17-22)19-31(12-11-30-13-15-36-16-14-30)26(33)23-8-4-3-5-9-23/h3-10,17-18,21H,11-16,19-20H2,1-2H3. The van der Waals surface area contributed by atoms with Crippen molar-refractivity contribution >= 4 is 27.3 Å². The van der Waals surface area contributed by atoms with E-state index in [0.29, 0.717) is 48.1 Å². The van der Waals surface area contributed by atoms with Crippen LogP contribution < -0.4 is 0 Å². The first-order valence-corrected chi connectivity index (χ1v) is 14.5. The van der Waals surface area contributed by atoms with Gasteiger partial charge in [-0.2, -0.15) is 0 Å². The number of rotatable bonds is 10. The molecule has 198 valence electrons. The zero-order valence-corrected chi connectivity index (χ0v) is 22.8. The molecule has 1 aliphatic heterocycles. The van der Waals surface area contributed by atoms with Gasteiger partial charge in [0.25, 0.3) is 5.91 Å². The Bertz CT molecular complexity index is 1300. The Morgan fingerprint density at radius 3 is 2.51 bits per heavy atom. The smallest absolute Gasteiger partial charge is 0.254 e. The molecule has 0 spiro atoms. The molecule has 1 saturated heterocycles. The Balaban J connectivity index is 1.61. The van der Waals surface area contributed by atoms with Crippen LogP contribution in [-0.2, 0) is 26.9 Å². The van der Waals surface area contributed by atoms with Crippen molar-refractivity contribution in [3.05, 3.63) is 82.6 Å². The number of halogens is 1. The molecular weight excluding hydrogens is 512 g/mol. The Morgan fingerprint density at radius 2 is 1.84 bits per heavy atom. The number of morpholine rings is 1. The van der Waals surface area contributed by atoms with Gasteiger partial charge >= 0.3 is 0 Å². The number of carbonyl (C=O) groups excluding carboxylic acids is 1. The third-order valence-electron chi connectivity index (χ3n) is 6.33. The largest absolute Gasteiger partial charge is 0.379 e. The fraction of sp³-hybridized carbons (Fsp3) is 0.407. The summed E-state index contributed by atoms with van der Waals surface area (Å²) in [5.74, 6) is -0.311. The lowest BCUT2D eigenvalue weighted by molar-refractivity contribution is 0.0319. The van der Waals surface area contributed by atoms with E-state index in [0.717, 1.165) is 13.1 Å². The molecule has 1 aromatic heterocycles. The summed E-state index contributed by atoms with van der Waals surface area (Å²) in [4.78, 5) is 21.9. The van der Waals surface area contributed by atoms with E-state index in [1.165, 1.54) is 0 Å². The first-order valence-electron chi connectivity index (χ1n) is 12.4. The van der Waals surface area contributed by atoms with Crippen molar-refractivity contribution in [2.45, 2.75) is 37.3 Å². The molecule has 1 fully saturated rings. The van der Waals surface area contributed by atoms with E-state index < -0.39 is 9.84 Å².